The van der Waals surface area contributed by atoms with E-state index in [9.17, 15) is 15.2 Å². The molecule has 0 amide bonds. The molecular formula is C43H40N2O2. The van der Waals surface area contributed by atoms with Crippen LogP contribution in [0.25, 0.3) is 28.3 Å². The first kappa shape index (κ1) is 31.6. The Kier molecular flexibility index (Phi) is 9.36. The number of anilines is 3. The van der Waals surface area contributed by atoms with Gasteiger partial charge in [0.1, 0.15) is 11.6 Å². The molecule has 0 bridgehead atoms. The quantitative estimate of drug-likeness (QED) is 0.112. The largest absolute Gasteiger partial charge is 0.477 e. The van der Waals surface area contributed by atoms with Crippen LogP contribution in [-0.4, -0.2) is 11.1 Å². The third-order valence-electron chi connectivity index (χ3n) is 9.45. The van der Waals surface area contributed by atoms with Crippen molar-refractivity contribution in [2.45, 2.75) is 57.8 Å². The third-order valence-corrected chi connectivity index (χ3v) is 9.45. The number of unbranched alkanes of at least 4 members (excludes halogenated alkanes) is 2. The van der Waals surface area contributed by atoms with Gasteiger partial charge in [-0.15, -0.1) is 0 Å². The summed E-state index contributed by atoms with van der Waals surface area (Å²) in [7, 11) is 0. The fourth-order valence-corrected chi connectivity index (χ4v) is 7.10. The molecule has 0 fully saturated rings. The number of carboxylic acid groups (broad SMARTS) is 1. The minimum Gasteiger partial charge on any atom is -0.477 e. The highest BCUT2D eigenvalue weighted by atomic mass is 16.4. The maximum atomic E-state index is 11.3. The van der Waals surface area contributed by atoms with Crippen molar-refractivity contribution in [3.63, 3.8) is 0 Å². The van der Waals surface area contributed by atoms with Crippen molar-refractivity contribution in [3.8, 4) is 28.3 Å². The number of aliphatic carboxylic acids is 1. The molecule has 0 atom stereocenters. The lowest BCUT2D eigenvalue weighted by Crippen LogP contribution is -2.26. The van der Waals surface area contributed by atoms with E-state index in [0.717, 1.165) is 66.7 Å². The zero-order valence-corrected chi connectivity index (χ0v) is 27.1. The second-order valence-electron chi connectivity index (χ2n) is 12.4. The van der Waals surface area contributed by atoms with Gasteiger partial charge in [-0.3, -0.25) is 0 Å². The number of benzene rings is 5. The topological polar surface area (TPSA) is 64.3 Å². The lowest BCUT2D eigenvalue weighted by atomic mass is 9.70. The lowest BCUT2D eigenvalue weighted by molar-refractivity contribution is -0.132. The van der Waals surface area contributed by atoms with Crippen molar-refractivity contribution < 1.29 is 9.90 Å². The Morgan fingerprint density at radius 1 is 0.702 bits per heavy atom. The monoisotopic (exact) mass is 616 g/mol. The number of fused-ring (bicyclic) bond motifs is 3. The Morgan fingerprint density at radius 3 is 1.77 bits per heavy atom. The molecule has 0 spiro atoms. The summed E-state index contributed by atoms with van der Waals surface area (Å²) in [6.45, 7) is 4.56. The van der Waals surface area contributed by atoms with E-state index in [2.05, 4.69) is 116 Å². The van der Waals surface area contributed by atoms with E-state index in [4.69, 9.17) is 0 Å². The van der Waals surface area contributed by atoms with Crippen LogP contribution in [0.5, 0.6) is 0 Å². The van der Waals surface area contributed by atoms with E-state index in [1.54, 1.807) is 6.07 Å². The number of carbonyl (C=O) groups is 1. The zero-order chi connectivity index (χ0) is 32.8. The van der Waals surface area contributed by atoms with E-state index in [1.807, 2.05) is 24.3 Å². The average Bonchev–Trinajstić information content (AvgIpc) is 3.38. The predicted molar refractivity (Wildman–Crippen MR) is 193 cm³/mol. The second-order valence-corrected chi connectivity index (χ2v) is 12.4. The molecule has 0 saturated heterocycles. The Hall–Kier alpha value is -5.40. The Morgan fingerprint density at radius 2 is 1.23 bits per heavy atom. The highest BCUT2D eigenvalue weighted by Gasteiger charge is 2.42. The molecule has 1 aliphatic carbocycles. The van der Waals surface area contributed by atoms with Crippen molar-refractivity contribution in [2.24, 2.45) is 0 Å². The molecule has 0 saturated carbocycles. The van der Waals surface area contributed by atoms with Crippen LogP contribution in [0.15, 0.2) is 127 Å². The molecule has 47 heavy (non-hydrogen) atoms. The summed E-state index contributed by atoms with van der Waals surface area (Å²) in [4.78, 5) is 13.7. The van der Waals surface area contributed by atoms with Crippen LogP contribution in [-0.2, 0) is 10.2 Å². The fourth-order valence-electron chi connectivity index (χ4n) is 7.10. The van der Waals surface area contributed by atoms with E-state index in [0.29, 0.717) is 5.56 Å². The number of nitrogens with zero attached hydrogens (tertiary/aromatic N) is 2. The van der Waals surface area contributed by atoms with Crippen LogP contribution < -0.4 is 4.90 Å². The maximum absolute atomic E-state index is 11.3. The molecule has 5 aromatic carbocycles. The van der Waals surface area contributed by atoms with Crippen LogP contribution in [0, 0.1) is 11.3 Å². The number of carboxylic acids is 1. The van der Waals surface area contributed by atoms with Gasteiger partial charge >= 0.3 is 5.97 Å². The summed E-state index contributed by atoms with van der Waals surface area (Å²) in [6, 6.07) is 44.7. The van der Waals surface area contributed by atoms with Crippen molar-refractivity contribution in [1.29, 1.82) is 5.26 Å². The predicted octanol–water partition coefficient (Wildman–Crippen LogP) is 11.5. The number of hydrogen-bond acceptors (Lipinski definition) is 3. The highest BCUT2D eigenvalue weighted by molar-refractivity contribution is 5.96. The number of rotatable bonds is 12. The molecule has 0 radical (unpaired) electrons. The summed E-state index contributed by atoms with van der Waals surface area (Å²) in [5, 5.41) is 18.5. The highest BCUT2D eigenvalue weighted by Crippen LogP contribution is 2.56. The van der Waals surface area contributed by atoms with Crippen LogP contribution in [0.1, 0.15) is 69.1 Å². The van der Waals surface area contributed by atoms with E-state index >= 15 is 0 Å². The van der Waals surface area contributed by atoms with Gasteiger partial charge in [-0.1, -0.05) is 118 Å². The van der Waals surface area contributed by atoms with Gasteiger partial charge in [0.2, 0.25) is 0 Å². The minimum atomic E-state index is -1.22. The van der Waals surface area contributed by atoms with Gasteiger partial charge in [0, 0.05) is 22.5 Å². The molecule has 0 aromatic heterocycles. The van der Waals surface area contributed by atoms with Crippen LogP contribution in [0.4, 0.5) is 17.1 Å². The van der Waals surface area contributed by atoms with Gasteiger partial charge in [-0.25, -0.2) is 4.79 Å². The molecular weight excluding hydrogens is 576 g/mol. The summed E-state index contributed by atoms with van der Waals surface area (Å²) in [5.74, 6) is -1.22. The Labute approximate surface area is 278 Å². The van der Waals surface area contributed by atoms with Gasteiger partial charge in [0.05, 0.1) is 0 Å². The molecule has 234 valence electrons. The minimum absolute atomic E-state index is 0.104. The van der Waals surface area contributed by atoms with Gasteiger partial charge in [-0.05, 0) is 100 Å². The SMILES string of the molecule is CCCCC1(CCCC)c2cc(-c3ccc(/C=C(/C#N)C(=O)O)cc3)ccc2-c2ccc(N(c3ccccc3)c3ccccc3)cc21. The van der Waals surface area contributed by atoms with E-state index in [1.165, 1.54) is 28.3 Å². The van der Waals surface area contributed by atoms with Crippen LogP contribution in [0.3, 0.4) is 0 Å². The van der Waals surface area contributed by atoms with Gasteiger partial charge < -0.3 is 10.0 Å². The standard InChI is InChI=1S/C43H40N2O2/c1-3-5-25-43(26-6-4-2)40-28-33(32-19-17-31(18-20-32)27-34(30-44)42(46)47)21-23-38(40)39-24-22-37(29-41(39)43)45(35-13-9-7-10-14-35)36-15-11-8-12-16-36/h7-24,27-29H,3-6,25-26H2,1-2H3,(H,46,47)/b34-27-. The molecule has 5 aromatic rings. The molecule has 1 N–H and O–H groups in total. The second kappa shape index (κ2) is 13.9. The Bertz CT molecular complexity index is 1890. The van der Waals surface area contributed by atoms with Crippen LogP contribution in [0.2, 0.25) is 0 Å². The maximum Gasteiger partial charge on any atom is 0.346 e. The average molecular weight is 617 g/mol. The van der Waals surface area contributed by atoms with Crippen molar-refractivity contribution in [2.75, 3.05) is 4.90 Å². The summed E-state index contributed by atoms with van der Waals surface area (Å²) >= 11 is 0. The third kappa shape index (κ3) is 6.22. The molecule has 4 nitrogen and oxygen atoms in total. The molecule has 0 unspecified atom stereocenters. The first-order chi connectivity index (χ1) is 23.0. The number of para-hydroxylation sites is 2. The molecule has 0 aliphatic heterocycles. The molecule has 6 rings (SSSR count). The first-order valence-electron chi connectivity index (χ1n) is 16.6. The van der Waals surface area contributed by atoms with Crippen molar-refractivity contribution in [3.05, 3.63) is 144 Å². The fraction of sp³-hybridized carbons (Fsp3) is 0.209. The van der Waals surface area contributed by atoms with Gasteiger partial charge in [0.25, 0.3) is 0 Å². The normalized spacial score (nSPS) is 13.0. The zero-order valence-electron chi connectivity index (χ0n) is 27.1. The first-order valence-corrected chi connectivity index (χ1v) is 16.6. The summed E-state index contributed by atoms with van der Waals surface area (Å²) in [5.41, 5.74) is 11.4. The van der Waals surface area contributed by atoms with E-state index < -0.39 is 5.97 Å². The smallest absolute Gasteiger partial charge is 0.346 e. The van der Waals surface area contributed by atoms with Crippen LogP contribution >= 0.6 is 0 Å². The molecule has 1 aliphatic rings. The van der Waals surface area contributed by atoms with Gasteiger partial charge in [-0.2, -0.15) is 5.26 Å². The van der Waals surface area contributed by atoms with Crippen molar-refractivity contribution >= 4 is 29.1 Å². The summed E-state index contributed by atoms with van der Waals surface area (Å²) < 4.78 is 0. The van der Waals surface area contributed by atoms with Gasteiger partial charge in [0.15, 0.2) is 0 Å². The molecule has 4 heteroatoms. The molecule has 0 heterocycles. The lowest BCUT2D eigenvalue weighted by Gasteiger charge is -2.34. The number of nitriles is 1. The van der Waals surface area contributed by atoms with E-state index in [-0.39, 0.29) is 11.0 Å². The Balaban J connectivity index is 1.48. The van der Waals surface area contributed by atoms with Crippen molar-refractivity contribution in [1.82, 2.24) is 0 Å². The number of hydrogen-bond donors (Lipinski definition) is 1. The summed E-state index contributed by atoms with van der Waals surface area (Å²) in [6.07, 6.45) is 8.14.